The largest absolute Gasteiger partial charge is 4.00 e. The molecule has 0 amide bonds. The first-order valence-corrected chi connectivity index (χ1v) is 3.93. The molecule has 0 aliphatic rings. The third kappa shape index (κ3) is 11.2. The van der Waals surface area contributed by atoms with Crippen LogP contribution in [-0.4, -0.2) is 0 Å². The van der Waals surface area contributed by atoms with Gasteiger partial charge in [0.15, 0.2) is 0 Å². The van der Waals surface area contributed by atoms with Crippen LogP contribution >= 0.6 is 0 Å². The van der Waals surface area contributed by atoms with Crippen molar-refractivity contribution in [3.05, 3.63) is 88.0 Å². The molecule has 0 saturated carbocycles. The zero-order valence-electron chi connectivity index (χ0n) is 9.48. The molecule has 1 heteroatoms. The first kappa shape index (κ1) is 19.8. The molecule has 0 atom stereocenters. The molecule has 0 heterocycles. The smallest absolute Gasteiger partial charge is 0.358 e. The third-order valence-electron chi connectivity index (χ3n) is 1.40. The van der Waals surface area contributed by atoms with Crippen molar-refractivity contribution in [2.75, 3.05) is 0 Å². The van der Waals surface area contributed by atoms with Gasteiger partial charge in [0.25, 0.3) is 0 Å². The monoisotopic (exact) mass is 366 g/mol. The Hall–Kier alpha value is -0.690. The molecule has 78 valence electrons. The van der Waals surface area contributed by atoms with E-state index in [-0.39, 0.29) is 40.7 Å². The van der Waals surface area contributed by atoms with E-state index in [1.807, 2.05) is 60.7 Å². The van der Waals surface area contributed by atoms with Gasteiger partial charge in [-0.2, -0.15) is 42.8 Å². The minimum Gasteiger partial charge on any atom is -0.358 e. The summed E-state index contributed by atoms with van der Waals surface area (Å²) in [6, 6.07) is 19.9. The Morgan fingerprint density at radius 1 is 0.800 bits per heavy atom. The van der Waals surface area contributed by atoms with Gasteiger partial charge in [-0.3, -0.25) is 0 Å². The van der Waals surface area contributed by atoms with Gasteiger partial charge in [0.05, 0.1) is 0 Å². The second-order valence-electron chi connectivity index (χ2n) is 2.45. The van der Waals surface area contributed by atoms with Crippen LogP contribution in [0, 0.1) is 21.8 Å². The average molecular weight is 365 g/mol. The molecule has 0 saturated heterocycles. The Bertz CT molecular complexity index is 254. The summed E-state index contributed by atoms with van der Waals surface area (Å²) in [7, 11) is 0. The fraction of sp³-hybridized carbons (Fsp3) is 0. The van der Waals surface area contributed by atoms with Crippen molar-refractivity contribution < 1.29 is 25.8 Å². The molecule has 0 fully saturated rings. The molecule has 2 aromatic rings. The van der Waals surface area contributed by atoms with E-state index in [0.717, 1.165) is 5.56 Å². The number of rotatable bonds is 0. The van der Waals surface area contributed by atoms with Crippen molar-refractivity contribution in [3.63, 3.8) is 0 Å². The minimum absolute atomic E-state index is 0. The van der Waals surface area contributed by atoms with Crippen LogP contribution in [0.25, 0.3) is 0 Å². The molecule has 2 rings (SSSR count). The average Bonchev–Trinajstić information content (AvgIpc) is 2.62. The van der Waals surface area contributed by atoms with E-state index >= 15 is 0 Å². The molecular formula is C14H18Hf. The van der Waals surface area contributed by atoms with E-state index < -0.39 is 0 Å². The maximum Gasteiger partial charge on any atom is 4.00 e. The van der Waals surface area contributed by atoms with Crippen LogP contribution in [0.3, 0.4) is 0 Å². The summed E-state index contributed by atoms with van der Waals surface area (Å²) in [4.78, 5) is 0. The van der Waals surface area contributed by atoms with Gasteiger partial charge in [0.1, 0.15) is 0 Å². The topological polar surface area (TPSA) is 0 Å². The molecule has 0 N–H and O–H groups in total. The summed E-state index contributed by atoms with van der Waals surface area (Å²) in [5, 5.41) is 0. The van der Waals surface area contributed by atoms with Crippen molar-refractivity contribution in [3.8, 4) is 0 Å². The van der Waals surface area contributed by atoms with E-state index in [1.165, 1.54) is 0 Å². The maximum atomic E-state index is 3.72. The third-order valence-corrected chi connectivity index (χ3v) is 1.40. The van der Waals surface area contributed by atoms with E-state index in [9.17, 15) is 0 Å². The molecule has 0 aromatic heterocycles. The minimum atomic E-state index is 0. The van der Waals surface area contributed by atoms with Crippen LogP contribution in [-0.2, 0) is 25.8 Å². The number of benzene rings is 1. The van der Waals surface area contributed by atoms with Crippen LogP contribution in [0.5, 0.6) is 0 Å². The standard InChI is InChI=1S/C7H7.C5H5.2CH3.Hf/c1-7-5-3-2-4-6-7;1-2-4-5-3-1;;;/h2-6H,1H2;1-5H;2*1H3;/q4*-1;+4. The molecule has 15 heavy (non-hydrogen) atoms. The van der Waals surface area contributed by atoms with Crippen molar-refractivity contribution in [2.24, 2.45) is 0 Å². The van der Waals surface area contributed by atoms with Gasteiger partial charge < -0.3 is 14.9 Å². The van der Waals surface area contributed by atoms with E-state index in [0.29, 0.717) is 0 Å². The van der Waals surface area contributed by atoms with Gasteiger partial charge in [0.2, 0.25) is 0 Å². The van der Waals surface area contributed by atoms with Gasteiger partial charge in [-0.1, -0.05) is 6.07 Å². The zero-order chi connectivity index (χ0) is 8.65. The summed E-state index contributed by atoms with van der Waals surface area (Å²) in [5.41, 5.74) is 1.07. The van der Waals surface area contributed by atoms with Crippen LogP contribution < -0.4 is 0 Å². The Kier molecular flexibility index (Phi) is 17.6. The van der Waals surface area contributed by atoms with E-state index in [1.54, 1.807) is 0 Å². The van der Waals surface area contributed by atoms with Gasteiger partial charge in [-0.05, 0) is 0 Å². The molecular weight excluding hydrogens is 347 g/mol. The normalized spacial score (nSPS) is 6.67. The molecule has 0 bridgehead atoms. The SMILES string of the molecule is [CH2-]c1ccccc1.[CH3-].[CH3-].[Hf+4].c1cc[cH-]c1. The Balaban J connectivity index is -0.000000165. The number of hydrogen-bond donors (Lipinski definition) is 0. The molecule has 0 spiro atoms. The zero-order valence-corrected chi connectivity index (χ0v) is 13.1. The molecule has 0 unspecified atom stereocenters. The fourth-order valence-electron chi connectivity index (χ4n) is 0.799. The van der Waals surface area contributed by atoms with Gasteiger partial charge in [-0.15, -0.1) is 12.1 Å². The van der Waals surface area contributed by atoms with Crippen molar-refractivity contribution in [1.29, 1.82) is 0 Å². The summed E-state index contributed by atoms with van der Waals surface area (Å²) >= 11 is 0. The molecule has 0 aliphatic carbocycles. The summed E-state index contributed by atoms with van der Waals surface area (Å²) in [6.07, 6.45) is 0. The van der Waals surface area contributed by atoms with Gasteiger partial charge in [0, 0.05) is 0 Å². The molecule has 0 nitrogen and oxygen atoms in total. The second-order valence-corrected chi connectivity index (χ2v) is 2.45. The maximum absolute atomic E-state index is 3.72. The van der Waals surface area contributed by atoms with Gasteiger partial charge in [-0.25, -0.2) is 12.1 Å². The molecule has 0 aliphatic heterocycles. The predicted octanol–water partition coefficient (Wildman–Crippen LogP) is 4.17. The summed E-state index contributed by atoms with van der Waals surface area (Å²) in [5.74, 6) is 0. The Morgan fingerprint density at radius 3 is 1.47 bits per heavy atom. The quantitative estimate of drug-likeness (QED) is 0.486. The number of hydrogen-bond acceptors (Lipinski definition) is 0. The Labute approximate surface area is 113 Å². The fourth-order valence-corrected chi connectivity index (χ4v) is 0.799. The second kappa shape index (κ2) is 13.3. The molecule has 0 radical (unpaired) electrons. The van der Waals surface area contributed by atoms with Crippen molar-refractivity contribution >= 4 is 0 Å². The summed E-state index contributed by atoms with van der Waals surface area (Å²) in [6.45, 7) is 3.72. The first-order valence-electron chi connectivity index (χ1n) is 3.93. The van der Waals surface area contributed by atoms with Crippen LogP contribution in [0.15, 0.2) is 60.7 Å². The molecule has 2 aromatic carbocycles. The Morgan fingerprint density at radius 2 is 1.27 bits per heavy atom. The van der Waals surface area contributed by atoms with Gasteiger partial charge >= 0.3 is 25.8 Å². The van der Waals surface area contributed by atoms with Crippen LogP contribution in [0.1, 0.15) is 5.56 Å². The first-order chi connectivity index (χ1) is 5.89. The summed E-state index contributed by atoms with van der Waals surface area (Å²) < 4.78 is 0. The van der Waals surface area contributed by atoms with E-state index in [2.05, 4.69) is 6.92 Å². The van der Waals surface area contributed by atoms with Crippen LogP contribution in [0.2, 0.25) is 0 Å². The van der Waals surface area contributed by atoms with Crippen molar-refractivity contribution in [1.82, 2.24) is 0 Å². The van der Waals surface area contributed by atoms with E-state index in [4.69, 9.17) is 0 Å². The predicted molar refractivity (Wildman–Crippen MR) is 65.8 cm³/mol. The van der Waals surface area contributed by atoms with Crippen molar-refractivity contribution in [2.45, 2.75) is 0 Å². The van der Waals surface area contributed by atoms with Crippen LogP contribution in [0.4, 0.5) is 0 Å².